The first-order valence-electron chi connectivity index (χ1n) is 6.30. The van der Waals surface area contributed by atoms with E-state index in [1.165, 1.54) is 0 Å². The molecule has 2 aromatic carbocycles. The summed E-state index contributed by atoms with van der Waals surface area (Å²) in [5, 5.41) is 8.46. The van der Waals surface area contributed by atoms with Crippen molar-refractivity contribution in [3.8, 4) is 0 Å². The topological polar surface area (TPSA) is 41.1 Å². The van der Waals surface area contributed by atoms with Crippen LogP contribution in [-0.4, -0.2) is 25.5 Å². The van der Waals surface area contributed by atoms with E-state index in [1.807, 2.05) is 36.4 Å². The molecular formula is C15H17ClN2O. The van der Waals surface area contributed by atoms with Crippen molar-refractivity contribution in [2.45, 2.75) is 0 Å². The number of carbonyl (C=O) groups is 1. The Morgan fingerprint density at radius 3 is 2.58 bits per heavy atom. The molecule has 0 spiro atoms. The summed E-state index contributed by atoms with van der Waals surface area (Å²) in [5.41, 5.74) is 0.737. The van der Waals surface area contributed by atoms with Gasteiger partial charge in [0.2, 0.25) is 0 Å². The van der Waals surface area contributed by atoms with Crippen LogP contribution in [0.25, 0.3) is 10.8 Å². The number of hydrogen-bond donors (Lipinski definition) is 2. The predicted molar refractivity (Wildman–Crippen MR) is 79.9 cm³/mol. The van der Waals surface area contributed by atoms with E-state index in [0.717, 1.165) is 36.0 Å². The van der Waals surface area contributed by atoms with Crippen LogP contribution in [0.4, 0.5) is 0 Å². The third-order valence-electron chi connectivity index (χ3n) is 3.43. The summed E-state index contributed by atoms with van der Waals surface area (Å²) < 4.78 is 0. The molecule has 100 valence electrons. The Hall–Kier alpha value is -1.58. The van der Waals surface area contributed by atoms with Crippen LogP contribution in [0.5, 0.6) is 0 Å². The molecule has 4 heteroatoms. The molecule has 19 heavy (non-hydrogen) atoms. The number of hydrogen-bond acceptors (Lipinski definition) is 2. The van der Waals surface area contributed by atoms with E-state index >= 15 is 0 Å². The average Bonchev–Trinajstić information content (AvgIpc) is 2.36. The van der Waals surface area contributed by atoms with Crippen LogP contribution >= 0.6 is 12.4 Å². The van der Waals surface area contributed by atoms with Crippen LogP contribution < -0.4 is 10.6 Å². The largest absolute Gasteiger partial charge is 0.352 e. The lowest BCUT2D eigenvalue weighted by Crippen LogP contribution is -2.48. The minimum atomic E-state index is 0. The lowest BCUT2D eigenvalue weighted by molar-refractivity contribution is 0.0942. The van der Waals surface area contributed by atoms with Gasteiger partial charge in [-0.1, -0.05) is 30.3 Å². The number of rotatable bonds is 3. The van der Waals surface area contributed by atoms with Crippen LogP contribution in [0.2, 0.25) is 0 Å². The van der Waals surface area contributed by atoms with Gasteiger partial charge in [-0.15, -0.1) is 12.4 Å². The first-order chi connectivity index (χ1) is 8.83. The molecule has 1 saturated heterocycles. The number of carbonyl (C=O) groups excluding carboxylic acids is 1. The van der Waals surface area contributed by atoms with E-state index in [9.17, 15) is 4.79 Å². The van der Waals surface area contributed by atoms with E-state index < -0.39 is 0 Å². The Bertz CT molecular complexity index is 581. The first-order valence-corrected chi connectivity index (χ1v) is 6.30. The van der Waals surface area contributed by atoms with E-state index in [0.29, 0.717) is 5.92 Å². The minimum Gasteiger partial charge on any atom is -0.352 e. The fraction of sp³-hybridized carbons (Fsp3) is 0.267. The summed E-state index contributed by atoms with van der Waals surface area (Å²) in [6.45, 7) is 2.79. The third-order valence-corrected chi connectivity index (χ3v) is 3.43. The van der Waals surface area contributed by atoms with Crippen molar-refractivity contribution in [2.75, 3.05) is 19.6 Å². The number of halogens is 1. The summed E-state index contributed by atoms with van der Waals surface area (Å²) in [4.78, 5) is 12.0. The molecule has 1 heterocycles. The van der Waals surface area contributed by atoms with Gasteiger partial charge in [-0.2, -0.15) is 0 Å². The molecule has 0 aromatic heterocycles. The molecule has 1 fully saturated rings. The zero-order chi connectivity index (χ0) is 12.4. The number of nitrogens with one attached hydrogen (secondary N) is 2. The quantitative estimate of drug-likeness (QED) is 0.902. The Morgan fingerprint density at radius 1 is 1.16 bits per heavy atom. The van der Waals surface area contributed by atoms with Gasteiger partial charge in [0, 0.05) is 31.1 Å². The molecular weight excluding hydrogens is 260 g/mol. The zero-order valence-electron chi connectivity index (χ0n) is 10.6. The fourth-order valence-electron chi connectivity index (χ4n) is 2.16. The van der Waals surface area contributed by atoms with Crippen molar-refractivity contribution in [2.24, 2.45) is 5.92 Å². The lowest BCUT2D eigenvalue weighted by atomic mass is 10.0. The second-order valence-corrected chi connectivity index (χ2v) is 4.80. The van der Waals surface area contributed by atoms with Crippen LogP contribution in [-0.2, 0) is 0 Å². The predicted octanol–water partition coefficient (Wildman–Crippen LogP) is 2.21. The summed E-state index contributed by atoms with van der Waals surface area (Å²) >= 11 is 0. The van der Waals surface area contributed by atoms with Gasteiger partial charge in [0.15, 0.2) is 0 Å². The molecule has 3 nitrogen and oxygen atoms in total. The summed E-state index contributed by atoms with van der Waals surface area (Å²) in [5.74, 6) is 0.613. The van der Waals surface area contributed by atoms with Crippen LogP contribution in [0.1, 0.15) is 10.4 Å². The normalized spacial score (nSPS) is 14.5. The van der Waals surface area contributed by atoms with Gasteiger partial charge in [-0.05, 0) is 22.9 Å². The van der Waals surface area contributed by atoms with E-state index in [4.69, 9.17) is 0 Å². The molecule has 0 atom stereocenters. The molecule has 0 bridgehead atoms. The summed E-state index contributed by atoms with van der Waals surface area (Å²) in [6, 6.07) is 13.9. The van der Waals surface area contributed by atoms with Crippen molar-refractivity contribution in [3.63, 3.8) is 0 Å². The van der Waals surface area contributed by atoms with E-state index in [-0.39, 0.29) is 18.3 Å². The maximum atomic E-state index is 12.0. The highest BCUT2D eigenvalue weighted by molar-refractivity contribution is 5.98. The average molecular weight is 277 g/mol. The van der Waals surface area contributed by atoms with Gasteiger partial charge in [0.1, 0.15) is 0 Å². The van der Waals surface area contributed by atoms with Crippen molar-refractivity contribution < 1.29 is 4.79 Å². The molecule has 1 amide bonds. The standard InChI is InChI=1S/C15H16N2O.ClH/c18-15(17-10-11-8-16-9-11)14-6-5-12-3-1-2-4-13(12)7-14;/h1-7,11,16H,8-10H2,(H,17,18);1H. The van der Waals surface area contributed by atoms with Crippen LogP contribution in [0.15, 0.2) is 42.5 Å². The maximum absolute atomic E-state index is 12.0. The maximum Gasteiger partial charge on any atom is 0.251 e. The van der Waals surface area contributed by atoms with Crippen LogP contribution in [0, 0.1) is 5.92 Å². The molecule has 0 aliphatic carbocycles. The highest BCUT2D eigenvalue weighted by Crippen LogP contribution is 2.15. The van der Waals surface area contributed by atoms with Gasteiger partial charge >= 0.3 is 0 Å². The Kier molecular flexibility index (Phi) is 4.40. The monoisotopic (exact) mass is 276 g/mol. The van der Waals surface area contributed by atoms with Gasteiger partial charge < -0.3 is 10.6 Å². The second kappa shape index (κ2) is 6.04. The summed E-state index contributed by atoms with van der Waals surface area (Å²) in [7, 11) is 0. The highest BCUT2D eigenvalue weighted by Gasteiger charge is 2.17. The molecule has 1 aliphatic heterocycles. The Balaban J connectivity index is 0.00000133. The molecule has 3 rings (SSSR count). The van der Waals surface area contributed by atoms with Gasteiger partial charge in [0.25, 0.3) is 5.91 Å². The molecule has 0 saturated carbocycles. The van der Waals surface area contributed by atoms with Crippen molar-refractivity contribution in [1.29, 1.82) is 0 Å². The van der Waals surface area contributed by atoms with E-state index in [2.05, 4.69) is 16.7 Å². The fourth-order valence-corrected chi connectivity index (χ4v) is 2.16. The van der Waals surface area contributed by atoms with Gasteiger partial charge in [-0.3, -0.25) is 4.79 Å². The number of amides is 1. The Labute approximate surface area is 118 Å². The van der Waals surface area contributed by atoms with E-state index in [1.54, 1.807) is 0 Å². The second-order valence-electron chi connectivity index (χ2n) is 4.80. The first kappa shape index (κ1) is 13.8. The molecule has 2 N–H and O–H groups in total. The lowest BCUT2D eigenvalue weighted by Gasteiger charge is -2.27. The third kappa shape index (κ3) is 3.06. The van der Waals surface area contributed by atoms with Gasteiger partial charge in [-0.25, -0.2) is 0 Å². The molecule has 2 aromatic rings. The molecule has 0 radical (unpaired) electrons. The van der Waals surface area contributed by atoms with Crippen LogP contribution in [0.3, 0.4) is 0 Å². The van der Waals surface area contributed by atoms with Crippen molar-refractivity contribution in [3.05, 3.63) is 48.0 Å². The molecule has 1 aliphatic rings. The van der Waals surface area contributed by atoms with Crippen molar-refractivity contribution in [1.82, 2.24) is 10.6 Å². The molecule has 0 unspecified atom stereocenters. The zero-order valence-corrected chi connectivity index (χ0v) is 11.4. The van der Waals surface area contributed by atoms with Crippen molar-refractivity contribution >= 4 is 29.1 Å². The minimum absolute atomic E-state index is 0. The summed E-state index contributed by atoms with van der Waals surface area (Å²) in [6.07, 6.45) is 0. The highest BCUT2D eigenvalue weighted by atomic mass is 35.5. The van der Waals surface area contributed by atoms with Gasteiger partial charge in [0.05, 0.1) is 0 Å². The number of fused-ring (bicyclic) bond motifs is 1. The smallest absolute Gasteiger partial charge is 0.251 e. The Morgan fingerprint density at radius 2 is 1.89 bits per heavy atom. The SMILES string of the molecule is Cl.O=C(NCC1CNC1)c1ccc2ccccc2c1. The number of benzene rings is 2.